The molecule has 1 atom stereocenters. The number of hydrogen-bond acceptors (Lipinski definition) is 5. The van der Waals surface area contributed by atoms with E-state index in [-0.39, 0.29) is 29.7 Å². The van der Waals surface area contributed by atoms with Crippen molar-refractivity contribution in [1.82, 2.24) is 5.32 Å². The maximum absolute atomic E-state index is 12.2. The summed E-state index contributed by atoms with van der Waals surface area (Å²) in [5.41, 5.74) is 0.844. The molecular weight excluding hydrogens is 314 g/mol. The molecule has 1 amide bonds. The quantitative estimate of drug-likeness (QED) is 0.716. The van der Waals surface area contributed by atoms with Crippen LogP contribution in [-0.4, -0.2) is 28.1 Å². The fourth-order valence-corrected chi connectivity index (χ4v) is 2.61. The average molecular weight is 333 g/mol. The monoisotopic (exact) mass is 333 g/mol. The summed E-state index contributed by atoms with van der Waals surface area (Å²) < 4.78 is 5.20. The summed E-state index contributed by atoms with van der Waals surface area (Å²) in [5, 5.41) is 21.8. The van der Waals surface area contributed by atoms with Gasteiger partial charge >= 0.3 is 11.6 Å². The maximum atomic E-state index is 12.2. The lowest BCUT2D eigenvalue weighted by Crippen LogP contribution is -2.41. The molecule has 2 rings (SSSR count). The lowest BCUT2D eigenvalue weighted by Gasteiger charge is -2.13. The lowest BCUT2D eigenvalue weighted by atomic mass is 10.0. The van der Waals surface area contributed by atoms with E-state index in [0.29, 0.717) is 10.9 Å². The Bertz CT molecular complexity index is 867. The Morgan fingerprint density at radius 3 is 2.54 bits per heavy atom. The second kappa shape index (κ2) is 6.74. The third-order valence-electron chi connectivity index (χ3n) is 3.88. The third kappa shape index (κ3) is 3.40. The van der Waals surface area contributed by atoms with Crippen molar-refractivity contribution >= 4 is 22.8 Å². The van der Waals surface area contributed by atoms with Gasteiger partial charge in [0.25, 0.3) is 0 Å². The van der Waals surface area contributed by atoms with Crippen LogP contribution in [0.3, 0.4) is 0 Å². The standard InChI is InChI=1S/C17H19NO6/c1-4-11(16(21)22)18-14(20)7-10-9(3)15-12(19)5-8(2)6-13(15)24-17(10)23/h5-6,11,19H,4,7H2,1-3H3,(H,18,20)(H,21,22)/t11-/m0/s1. The fraction of sp³-hybridized carbons (Fsp3) is 0.353. The summed E-state index contributed by atoms with van der Waals surface area (Å²) in [7, 11) is 0. The van der Waals surface area contributed by atoms with Gasteiger partial charge in [0.15, 0.2) is 0 Å². The molecule has 1 aromatic heterocycles. The van der Waals surface area contributed by atoms with Crippen LogP contribution in [0, 0.1) is 13.8 Å². The van der Waals surface area contributed by atoms with Crippen LogP contribution in [-0.2, 0) is 16.0 Å². The molecule has 0 bridgehead atoms. The Hall–Kier alpha value is -2.83. The van der Waals surface area contributed by atoms with Gasteiger partial charge in [-0.3, -0.25) is 4.79 Å². The van der Waals surface area contributed by atoms with Crippen LogP contribution < -0.4 is 10.9 Å². The number of hydrogen-bond donors (Lipinski definition) is 3. The van der Waals surface area contributed by atoms with Gasteiger partial charge in [-0.1, -0.05) is 6.92 Å². The van der Waals surface area contributed by atoms with Gasteiger partial charge in [0, 0.05) is 0 Å². The van der Waals surface area contributed by atoms with Gasteiger partial charge in [-0.05, 0) is 43.5 Å². The second-order valence-corrected chi connectivity index (χ2v) is 5.69. The first kappa shape index (κ1) is 17.5. The molecular formula is C17H19NO6. The smallest absolute Gasteiger partial charge is 0.340 e. The van der Waals surface area contributed by atoms with Gasteiger partial charge in [0.05, 0.1) is 17.4 Å². The average Bonchev–Trinajstić information content (AvgIpc) is 2.47. The Morgan fingerprint density at radius 1 is 1.29 bits per heavy atom. The van der Waals surface area contributed by atoms with E-state index in [0.717, 1.165) is 5.56 Å². The van der Waals surface area contributed by atoms with Crippen LogP contribution in [0.4, 0.5) is 0 Å². The van der Waals surface area contributed by atoms with E-state index >= 15 is 0 Å². The predicted molar refractivity (Wildman–Crippen MR) is 87.2 cm³/mol. The largest absolute Gasteiger partial charge is 0.507 e. The van der Waals surface area contributed by atoms with E-state index in [1.807, 2.05) is 0 Å². The number of carbonyl (C=O) groups is 2. The number of fused-ring (bicyclic) bond motifs is 1. The molecule has 0 aliphatic carbocycles. The fourth-order valence-electron chi connectivity index (χ4n) is 2.61. The number of phenols is 1. The molecule has 128 valence electrons. The molecule has 0 aliphatic heterocycles. The van der Waals surface area contributed by atoms with Crippen LogP contribution in [0.2, 0.25) is 0 Å². The summed E-state index contributed by atoms with van der Waals surface area (Å²) in [6, 6.07) is 2.16. The highest BCUT2D eigenvalue weighted by Gasteiger charge is 2.21. The van der Waals surface area contributed by atoms with Crippen LogP contribution in [0.25, 0.3) is 11.0 Å². The van der Waals surface area contributed by atoms with E-state index in [4.69, 9.17) is 9.52 Å². The minimum Gasteiger partial charge on any atom is -0.507 e. The molecule has 1 aromatic carbocycles. The second-order valence-electron chi connectivity index (χ2n) is 5.69. The van der Waals surface area contributed by atoms with E-state index < -0.39 is 23.5 Å². The Balaban J connectivity index is 2.41. The first-order valence-electron chi connectivity index (χ1n) is 7.52. The Morgan fingerprint density at radius 2 is 1.96 bits per heavy atom. The summed E-state index contributed by atoms with van der Waals surface area (Å²) in [4.78, 5) is 35.2. The highest BCUT2D eigenvalue weighted by molar-refractivity contribution is 5.90. The van der Waals surface area contributed by atoms with E-state index in [9.17, 15) is 19.5 Å². The summed E-state index contributed by atoms with van der Waals surface area (Å²) in [6.07, 6.45) is -0.0896. The van der Waals surface area contributed by atoms with E-state index in [1.165, 1.54) is 6.07 Å². The van der Waals surface area contributed by atoms with Gasteiger partial charge in [-0.25, -0.2) is 9.59 Å². The lowest BCUT2D eigenvalue weighted by molar-refractivity contribution is -0.141. The number of benzene rings is 1. The molecule has 0 unspecified atom stereocenters. The van der Waals surface area contributed by atoms with Crippen LogP contribution in [0.15, 0.2) is 21.3 Å². The number of nitrogens with one attached hydrogen (secondary N) is 1. The van der Waals surface area contributed by atoms with Gasteiger partial charge in [0.2, 0.25) is 5.91 Å². The molecule has 0 aliphatic rings. The van der Waals surface area contributed by atoms with Gasteiger partial charge in [-0.15, -0.1) is 0 Å². The van der Waals surface area contributed by atoms with Crippen molar-refractivity contribution in [3.63, 3.8) is 0 Å². The number of rotatable bonds is 5. The number of carboxylic acid groups (broad SMARTS) is 1. The van der Waals surface area contributed by atoms with Crippen LogP contribution in [0.1, 0.15) is 30.0 Å². The van der Waals surface area contributed by atoms with E-state index in [1.54, 1.807) is 26.8 Å². The number of phenolic OH excluding ortho intramolecular Hbond substituents is 1. The summed E-state index contributed by atoms with van der Waals surface area (Å²) in [5.74, 6) is -1.77. The number of aromatic hydroxyl groups is 1. The van der Waals surface area contributed by atoms with Crippen molar-refractivity contribution in [2.24, 2.45) is 0 Å². The number of amides is 1. The zero-order chi connectivity index (χ0) is 18.0. The highest BCUT2D eigenvalue weighted by atomic mass is 16.4. The molecule has 0 saturated carbocycles. The first-order valence-corrected chi connectivity index (χ1v) is 7.52. The molecule has 24 heavy (non-hydrogen) atoms. The SMILES string of the molecule is CC[C@H](NC(=O)Cc1c(C)c2c(O)cc(C)cc2oc1=O)C(=O)O. The van der Waals surface area contributed by atoms with Gasteiger partial charge < -0.3 is 19.9 Å². The first-order chi connectivity index (χ1) is 11.2. The van der Waals surface area contributed by atoms with Crippen molar-refractivity contribution in [3.8, 4) is 5.75 Å². The molecule has 0 spiro atoms. The zero-order valence-electron chi connectivity index (χ0n) is 13.7. The van der Waals surface area contributed by atoms with Crippen molar-refractivity contribution < 1.29 is 24.2 Å². The number of aliphatic carboxylic acids is 1. The zero-order valence-corrected chi connectivity index (χ0v) is 13.7. The topological polar surface area (TPSA) is 117 Å². The van der Waals surface area contributed by atoms with Crippen LogP contribution >= 0.6 is 0 Å². The normalized spacial score (nSPS) is 12.1. The highest BCUT2D eigenvalue weighted by Crippen LogP contribution is 2.29. The van der Waals surface area contributed by atoms with Crippen molar-refractivity contribution in [2.45, 2.75) is 39.7 Å². The predicted octanol–water partition coefficient (Wildman–Crippen LogP) is 1.64. The third-order valence-corrected chi connectivity index (χ3v) is 3.88. The van der Waals surface area contributed by atoms with Crippen molar-refractivity contribution in [2.75, 3.05) is 0 Å². The minimum atomic E-state index is -1.14. The molecule has 2 aromatic rings. The number of carbonyl (C=O) groups excluding carboxylic acids is 1. The maximum Gasteiger partial charge on any atom is 0.340 e. The van der Waals surface area contributed by atoms with E-state index in [2.05, 4.69) is 5.32 Å². The minimum absolute atomic E-state index is 0.0371. The van der Waals surface area contributed by atoms with Gasteiger partial charge in [-0.2, -0.15) is 0 Å². The summed E-state index contributed by atoms with van der Waals surface area (Å²) in [6.45, 7) is 5.01. The summed E-state index contributed by atoms with van der Waals surface area (Å²) >= 11 is 0. The van der Waals surface area contributed by atoms with Crippen LogP contribution in [0.5, 0.6) is 5.75 Å². The number of aryl methyl sites for hydroxylation is 2. The molecule has 0 saturated heterocycles. The molecule has 3 N–H and O–H groups in total. The van der Waals surface area contributed by atoms with Crippen molar-refractivity contribution in [3.05, 3.63) is 39.2 Å². The molecule has 0 fully saturated rings. The molecule has 1 heterocycles. The Kier molecular flexibility index (Phi) is 4.92. The molecule has 7 heteroatoms. The van der Waals surface area contributed by atoms with Gasteiger partial charge in [0.1, 0.15) is 17.4 Å². The number of carboxylic acids is 1. The van der Waals surface area contributed by atoms with Crippen molar-refractivity contribution in [1.29, 1.82) is 0 Å². The molecule has 7 nitrogen and oxygen atoms in total. The Labute approximate surface area is 137 Å². The molecule has 0 radical (unpaired) electrons.